The number of nitrogens with two attached hydrogens (primary N) is 2. The van der Waals surface area contributed by atoms with Gasteiger partial charge in [-0.1, -0.05) is 25.1 Å². The third kappa shape index (κ3) is 2.20. The third-order valence-corrected chi connectivity index (χ3v) is 2.71. The van der Waals surface area contributed by atoms with Crippen molar-refractivity contribution in [2.45, 2.75) is 19.9 Å². The highest BCUT2D eigenvalue weighted by molar-refractivity contribution is 6.04. The van der Waals surface area contributed by atoms with Gasteiger partial charge in [-0.3, -0.25) is 4.79 Å². The number of guanidine groups is 1. The normalized spacial score (nSPS) is 10.5. The van der Waals surface area contributed by atoms with E-state index in [1.165, 1.54) is 0 Å². The Balaban J connectivity index is 2.58. The van der Waals surface area contributed by atoms with Gasteiger partial charge in [0.1, 0.15) is 5.69 Å². The summed E-state index contributed by atoms with van der Waals surface area (Å²) in [7, 11) is 0. The molecule has 0 aliphatic heterocycles. The monoisotopic (exact) mass is 244 g/mol. The molecule has 1 heterocycles. The summed E-state index contributed by atoms with van der Waals surface area (Å²) < 4.78 is 1.95. The van der Waals surface area contributed by atoms with E-state index in [0.717, 1.165) is 23.9 Å². The number of aromatic nitrogens is 1. The summed E-state index contributed by atoms with van der Waals surface area (Å²) in [5, 5.41) is 1.01. The molecule has 2 rings (SSSR count). The summed E-state index contributed by atoms with van der Waals surface area (Å²) in [6.45, 7) is 2.82. The van der Waals surface area contributed by atoms with Crippen LogP contribution >= 0.6 is 0 Å². The summed E-state index contributed by atoms with van der Waals surface area (Å²) >= 11 is 0. The number of rotatable bonds is 3. The number of aryl methyl sites for hydroxylation is 1. The molecule has 0 unspecified atom stereocenters. The third-order valence-electron chi connectivity index (χ3n) is 2.71. The Hall–Kier alpha value is -2.30. The Morgan fingerprint density at radius 2 is 2.06 bits per heavy atom. The van der Waals surface area contributed by atoms with Crippen molar-refractivity contribution in [3.8, 4) is 0 Å². The zero-order valence-corrected chi connectivity index (χ0v) is 10.3. The van der Waals surface area contributed by atoms with Crippen LogP contribution in [0.25, 0.3) is 10.9 Å². The number of nitrogens with zero attached hydrogens (tertiary/aromatic N) is 2. The molecule has 18 heavy (non-hydrogen) atoms. The van der Waals surface area contributed by atoms with Gasteiger partial charge in [0.2, 0.25) is 0 Å². The molecule has 1 aromatic heterocycles. The number of benzene rings is 1. The highest BCUT2D eigenvalue weighted by atomic mass is 16.1. The number of carbonyl (C=O) groups is 1. The predicted octanol–water partition coefficient (Wildman–Crippen LogP) is 1.46. The van der Waals surface area contributed by atoms with Crippen LogP contribution in [0.4, 0.5) is 0 Å². The molecule has 2 aromatic rings. The largest absolute Gasteiger partial charge is 0.370 e. The zero-order valence-electron chi connectivity index (χ0n) is 10.3. The summed E-state index contributed by atoms with van der Waals surface area (Å²) in [5.74, 6) is -0.618. The Kier molecular flexibility index (Phi) is 3.32. The molecule has 4 N–H and O–H groups in total. The lowest BCUT2D eigenvalue weighted by Gasteiger charge is -2.06. The second-order valence-electron chi connectivity index (χ2n) is 4.08. The molecular formula is C13H16N4O. The van der Waals surface area contributed by atoms with Crippen LogP contribution in [-0.2, 0) is 6.54 Å². The Labute approximate surface area is 105 Å². The van der Waals surface area contributed by atoms with E-state index in [1.54, 1.807) is 0 Å². The van der Waals surface area contributed by atoms with Crippen LogP contribution in [0.3, 0.4) is 0 Å². The lowest BCUT2D eigenvalue weighted by Crippen LogP contribution is -2.24. The van der Waals surface area contributed by atoms with Gasteiger partial charge < -0.3 is 16.0 Å². The van der Waals surface area contributed by atoms with Gasteiger partial charge in [-0.2, -0.15) is 4.99 Å². The average Bonchev–Trinajstić information content (AvgIpc) is 2.68. The van der Waals surface area contributed by atoms with E-state index in [1.807, 2.05) is 34.9 Å². The van der Waals surface area contributed by atoms with Gasteiger partial charge in [0.25, 0.3) is 5.91 Å². The van der Waals surface area contributed by atoms with Gasteiger partial charge in [-0.05, 0) is 18.6 Å². The Morgan fingerprint density at radius 3 is 2.72 bits per heavy atom. The van der Waals surface area contributed by atoms with Crippen LogP contribution in [0.1, 0.15) is 23.8 Å². The van der Waals surface area contributed by atoms with Crippen molar-refractivity contribution in [2.75, 3.05) is 0 Å². The summed E-state index contributed by atoms with van der Waals surface area (Å²) in [6.07, 6.45) is 0.931. The van der Waals surface area contributed by atoms with E-state index in [4.69, 9.17) is 11.5 Å². The van der Waals surface area contributed by atoms with E-state index < -0.39 is 5.91 Å². The van der Waals surface area contributed by atoms with Gasteiger partial charge in [0.15, 0.2) is 5.96 Å². The van der Waals surface area contributed by atoms with Gasteiger partial charge in [-0.25, -0.2) is 0 Å². The fourth-order valence-corrected chi connectivity index (χ4v) is 2.03. The lowest BCUT2D eigenvalue weighted by molar-refractivity contribution is 0.0994. The summed E-state index contributed by atoms with van der Waals surface area (Å²) in [4.78, 5) is 15.6. The summed E-state index contributed by atoms with van der Waals surface area (Å²) in [5.41, 5.74) is 12.0. The second-order valence-corrected chi connectivity index (χ2v) is 4.08. The van der Waals surface area contributed by atoms with Crippen LogP contribution in [0.5, 0.6) is 0 Å². The van der Waals surface area contributed by atoms with Gasteiger partial charge in [-0.15, -0.1) is 0 Å². The van der Waals surface area contributed by atoms with E-state index in [9.17, 15) is 4.79 Å². The fourth-order valence-electron chi connectivity index (χ4n) is 2.03. The van der Waals surface area contributed by atoms with Crippen LogP contribution in [0.15, 0.2) is 35.3 Å². The smallest absolute Gasteiger partial charge is 0.296 e. The van der Waals surface area contributed by atoms with Gasteiger partial charge in [0, 0.05) is 17.4 Å². The topological polar surface area (TPSA) is 86.4 Å². The van der Waals surface area contributed by atoms with Crippen LogP contribution in [-0.4, -0.2) is 16.4 Å². The first kappa shape index (κ1) is 12.2. The maximum absolute atomic E-state index is 12.0. The molecule has 0 aliphatic carbocycles. The molecule has 0 atom stereocenters. The van der Waals surface area contributed by atoms with E-state index in [-0.39, 0.29) is 5.96 Å². The highest BCUT2D eigenvalue weighted by Crippen LogP contribution is 2.20. The van der Waals surface area contributed by atoms with E-state index >= 15 is 0 Å². The van der Waals surface area contributed by atoms with Crippen molar-refractivity contribution in [2.24, 2.45) is 16.5 Å². The lowest BCUT2D eigenvalue weighted by atomic mass is 10.2. The first-order valence-corrected chi connectivity index (χ1v) is 5.85. The molecular weight excluding hydrogens is 228 g/mol. The van der Waals surface area contributed by atoms with Crippen molar-refractivity contribution >= 4 is 22.8 Å². The van der Waals surface area contributed by atoms with E-state index in [0.29, 0.717) is 5.69 Å². The van der Waals surface area contributed by atoms with Gasteiger partial charge in [0.05, 0.1) is 0 Å². The Bertz CT molecular complexity index is 608. The van der Waals surface area contributed by atoms with Crippen molar-refractivity contribution in [3.05, 3.63) is 36.0 Å². The van der Waals surface area contributed by atoms with Crippen LogP contribution < -0.4 is 11.5 Å². The summed E-state index contributed by atoms with van der Waals surface area (Å²) in [6, 6.07) is 9.65. The highest BCUT2D eigenvalue weighted by Gasteiger charge is 2.14. The molecule has 0 aliphatic rings. The number of carbonyl (C=O) groups excluding carboxylic acids is 1. The van der Waals surface area contributed by atoms with Crippen molar-refractivity contribution in [1.29, 1.82) is 0 Å². The van der Waals surface area contributed by atoms with Crippen LogP contribution in [0, 0.1) is 0 Å². The predicted molar refractivity (Wildman–Crippen MR) is 72.4 cm³/mol. The Morgan fingerprint density at radius 1 is 1.33 bits per heavy atom. The molecule has 1 amide bonds. The quantitative estimate of drug-likeness (QED) is 0.633. The molecule has 0 bridgehead atoms. The average molecular weight is 244 g/mol. The number of hydrogen-bond acceptors (Lipinski definition) is 1. The minimum Gasteiger partial charge on any atom is -0.370 e. The molecule has 0 saturated carbocycles. The number of aliphatic imine (C=N–C) groups is 1. The number of para-hydroxylation sites is 1. The minimum absolute atomic E-state index is 0.215. The molecule has 94 valence electrons. The SMILES string of the molecule is CCCn1c(C(=O)N=C(N)N)cc2ccccc21. The number of amides is 1. The van der Waals surface area contributed by atoms with Crippen LogP contribution in [0.2, 0.25) is 0 Å². The molecule has 0 radical (unpaired) electrons. The first-order valence-electron chi connectivity index (χ1n) is 5.85. The molecule has 0 saturated heterocycles. The van der Waals surface area contributed by atoms with Crippen molar-refractivity contribution in [3.63, 3.8) is 0 Å². The minimum atomic E-state index is -0.403. The molecule has 1 aromatic carbocycles. The van der Waals surface area contributed by atoms with Crippen molar-refractivity contribution < 1.29 is 4.79 Å². The molecule has 5 heteroatoms. The second kappa shape index (κ2) is 4.91. The number of fused-ring (bicyclic) bond motifs is 1. The van der Waals surface area contributed by atoms with E-state index in [2.05, 4.69) is 11.9 Å². The van der Waals surface area contributed by atoms with Gasteiger partial charge >= 0.3 is 0 Å². The first-order chi connectivity index (χ1) is 8.63. The number of hydrogen-bond donors (Lipinski definition) is 2. The standard InChI is InChI=1S/C13H16N4O/c1-2-7-17-10-6-4-3-5-9(10)8-11(17)12(18)16-13(14)15/h3-6,8H,2,7H2,1H3,(H4,14,15,16,18). The molecule has 5 nitrogen and oxygen atoms in total. The van der Waals surface area contributed by atoms with Crippen molar-refractivity contribution in [1.82, 2.24) is 4.57 Å². The molecule has 0 fully saturated rings. The maximum Gasteiger partial charge on any atom is 0.296 e. The maximum atomic E-state index is 12.0. The fraction of sp³-hybridized carbons (Fsp3) is 0.231. The zero-order chi connectivity index (χ0) is 13.1. The molecule has 0 spiro atoms.